The van der Waals surface area contributed by atoms with Crippen LogP contribution in [0.25, 0.3) is 0 Å². The van der Waals surface area contributed by atoms with Crippen LogP contribution in [0.1, 0.15) is 5.56 Å². The van der Waals surface area contributed by atoms with E-state index in [0.717, 1.165) is 34.1 Å². The molecule has 0 aliphatic heterocycles. The molecule has 6 nitrogen and oxygen atoms in total. The third-order valence-electron chi connectivity index (χ3n) is 3.68. The lowest BCUT2D eigenvalue weighted by Crippen LogP contribution is -2.02. The predicted octanol–water partition coefficient (Wildman–Crippen LogP) is 6.20. The SMILES string of the molecule is Cc1cc(N=Nc2ccc(N=Nc3ccccc3)cc2)ccc1OCCO. The topological polar surface area (TPSA) is 78.9 Å². The number of ether oxygens (including phenoxy) is 1. The van der Waals surface area contributed by atoms with Crippen molar-refractivity contribution in [3.05, 3.63) is 78.4 Å². The lowest BCUT2D eigenvalue weighted by Gasteiger charge is -2.07. The molecule has 0 bridgehead atoms. The Labute approximate surface area is 157 Å². The van der Waals surface area contributed by atoms with Crippen LogP contribution in [0.15, 0.2) is 93.3 Å². The Morgan fingerprint density at radius 2 is 1.22 bits per heavy atom. The molecule has 0 spiro atoms. The maximum absolute atomic E-state index is 8.82. The van der Waals surface area contributed by atoms with Gasteiger partial charge >= 0.3 is 0 Å². The van der Waals surface area contributed by atoms with Crippen molar-refractivity contribution in [3.63, 3.8) is 0 Å². The van der Waals surface area contributed by atoms with Crippen LogP contribution < -0.4 is 4.74 Å². The summed E-state index contributed by atoms with van der Waals surface area (Å²) in [5, 5.41) is 25.7. The number of hydrogen-bond acceptors (Lipinski definition) is 6. The lowest BCUT2D eigenvalue weighted by molar-refractivity contribution is 0.200. The van der Waals surface area contributed by atoms with Gasteiger partial charge in [0.05, 0.1) is 29.4 Å². The van der Waals surface area contributed by atoms with Crippen molar-refractivity contribution in [2.24, 2.45) is 20.5 Å². The van der Waals surface area contributed by atoms with Crippen molar-refractivity contribution >= 4 is 22.7 Å². The molecule has 3 rings (SSSR count). The van der Waals surface area contributed by atoms with Crippen LogP contribution in [0.3, 0.4) is 0 Å². The van der Waals surface area contributed by atoms with Crippen molar-refractivity contribution in [3.8, 4) is 5.75 Å². The van der Waals surface area contributed by atoms with Crippen molar-refractivity contribution < 1.29 is 9.84 Å². The number of hydrogen-bond donors (Lipinski definition) is 1. The molecule has 27 heavy (non-hydrogen) atoms. The van der Waals surface area contributed by atoms with E-state index in [2.05, 4.69) is 20.5 Å². The van der Waals surface area contributed by atoms with Crippen LogP contribution in [-0.4, -0.2) is 18.3 Å². The molecule has 0 aromatic heterocycles. The molecular formula is C21H20N4O2. The molecule has 136 valence electrons. The molecule has 0 atom stereocenters. The Kier molecular flexibility index (Phi) is 6.38. The van der Waals surface area contributed by atoms with Gasteiger partial charge in [-0.05, 0) is 67.1 Å². The minimum atomic E-state index is -0.0121. The predicted molar refractivity (Wildman–Crippen MR) is 105 cm³/mol. The average Bonchev–Trinajstić information content (AvgIpc) is 2.71. The van der Waals surface area contributed by atoms with E-state index in [-0.39, 0.29) is 13.2 Å². The zero-order chi connectivity index (χ0) is 18.9. The van der Waals surface area contributed by atoms with E-state index in [1.54, 1.807) is 0 Å². The highest BCUT2D eigenvalue weighted by Crippen LogP contribution is 2.26. The lowest BCUT2D eigenvalue weighted by atomic mass is 10.2. The number of nitrogens with zero attached hydrogens (tertiary/aromatic N) is 4. The van der Waals surface area contributed by atoms with Crippen molar-refractivity contribution in [2.75, 3.05) is 13.2 Å². The Balaban J connectivity index is 1.64. The second-order valence-electron chi connectivity index (χ2n) is 5.77. The summed E-state index contributed by atoms with van der Waals surface area (Å²) in [7, 11) is 0. The number of aliphatic hydroxyl groups excluding tert-OH is 1. The first-order chi connectivity index (χ1) is 13.2. The van der Waals surface area contributed by atoms with Crippen LogP contribution in [0, 0.1) is 6.92 Å². The number of aliphatic hydroxyl groups is 1. The summed E-state index contributed by atoms with van der Waals surface area (Å²) in [4.78, 5) is 0. The Morgan fingerprint density at radius 3 is 1.78 bits per heavy atom. The smallest absolute Gasteiger partial charge is 0.122 e. The fourth-order valence-corrected chi connectivity index (χ4v) is 2.32. The van der Waals surface area contributed by atoms with Gasteiger partial charge in [0.2, 0.25) is 0 Å². The summed E-state index contributed by atoms with van der Waals surface area (Å²) in [6.07, 6.45) is 0. The zero-order valence-electron chi connectivity index (χ0n) is 15.0. The summed E-state index contributed by atoms with van der Waals surface area (Å²) in [6, 6.07) is 22.5. The van der Waals surface area contributed by atoms with Crippen molar-refractivity contribution in [1.29, 1.82) is 0 Å². The fourth-order valence-electron chi connectivity index (χ4n) is 2.32. The van der Waals surface area contributed by atoms with Gasteiger partial charge in [-0.25, -0.2) is 0 Å². The first kappa shape index (κ1) is 18.4. The Bertz CT molecular complexity index is 923. The summed E-state index contributed by atoms with van der Waals surface area (Å²) in [5.74, 6) is 0.733. The molecule has 1 N–H and O–H groups in total. The van der Waals surface area contributed by atoms with Crippen LogP contribution in [0.4, 0.5) is 22.7 Å². The van der Waals surface area contributed by atoms with Crippen molar-refractivity contribution in [1.82, 2.24) is 0 Å². The van der Waals surface area contributed by atoms with Gasteiger partial charge in [0.25, 0.3) is 0 Å². The molecule has 0 radical (unpaired) electrons. The molecule has 0 heterocycles. The quantitative estimate of drug-likeness (QED) is 0.509. The largest absolute Gasteiger partial charge is 0.491 e. The van der Waals surface area contributed by atoms with Gasteiger partial charge in [-0.3, -0.25) is 0 Å². The highest BCUT2D eigenvalue weighted by atomic mass is 16.5. The molecule has 0 saturated heterocycles. The van der Waals surface area contributed by atoms with Crippen molar-refractivity contribution in [2.45, 2.75) is 6.92 Å². The Morgan fingerprint density at radius 1 is 0.704 bits per heavy atom. The second kappa shape index (κ2) is 9.35. The monoisotopic (exact) mass is 360 g/mol. The zero-order valence-corrected chi connectivity index (χ0v) is 15.0. The molecule has 6 heteroatoms. The number of aryl methyl sites for hydroxylation is 1. The Hall–Kier alpha value is -3.38. The molecule has 3 aromatic carbocycles. The van der Waals surface area contributed by atoms with E-state index in [4.69, 9.17) is 9.84 Å². The van der Waals surface area contributed by atoms with Gasteiger partial charge in [0.15, 0.2) is 0 Å². The molecule has 0 fully saturated rings. The van der Waals surface area contributed by atoms with Crippen LogP contribution in [0.2, 0.25) is 0 Å². The van der Waals surface area contributed by atoms with E-state index in [0.29, 0.717) is 0 Å². The van der Waals surface area contributed by atoms with E-state index in [9.17, 15) is 0 Å². The van der Waals surface area contributed by atoms with E-state index in [1.807, 2.05) is 79.7 Å². The summed E-state index contributed by atoms with van der Waals surface area (Å²) in [5.41, 5.74) is 3.96. The molecule has 0 saturated carbocycles. The molecular weight excluding hydrogens is 340 g/mol. The first-order valence-electron chi connectivity index (χ1n) is 8.57. The first-order valence-corrected chi connectivity index (χ1v) is 8.57. The van der Waals surface area contributed by atoms with Gasteiger partial charge in [-0.1, -0.05) is 18.2 Å². The molecule has 0 aliphatic rings. The summed E-state index contributed by atoms with van der Waals surface area (Å²) < 4.78 is 5.43. The minimum absolute atomic E-state index is 0.0121. The van der Waals surface area contributed by atoms with E-state index < -0.39 is 0 Å². The number of rotatable bonds is 7. The van der Waals surface area contributed by atoms with Gasteiger partial charge in [0.1, 0.15) is 12.4 Å². The number of benzene rings is 3. The van der Waals surface area contributed by atoms with E-state index >= 15 is 0 Å². The average molecular weight is 360 g/mol. The minimum Gasteiger partial charge on any atom is -0.491 e. The normalized spacial score (nSPS) is 11.3. The third kappa shape index (κ3) is 5.55. The standard InChI is InChI=1S/C21H20N4O2/c1-16-15-20(11-12-21(16)27-14-13-26)25-24-19-9-7-18(8-10-19)23-22-17-5-3-2-4-6-17/h2-12,15,26H,13-14H2,1H3. The van der Waals surface area contributed by atoms with Gasteiger partial charge < -0.3 is 9.84 Å². The fraction of sp³-hybridized carbons (Fsp3) is 0.143. The highest BCUT2D eigenvalue weighted by molar-refractivity contribution is 5.49. The molecule has 0 amide bonds. The van der Waals surface area contributed by atoms with Crippen LogP contribution >= 0.6 is 0 Å². The van der Waals surface area contributed by atoms with Gasteiger partial charge in [-0.15, -0.1) is 0 Å². The molecule has 0 aliphatic carbocycles. The molecule has 0 unspecified atom stereocenters. The van der Waals surface area contributed by atoms with Crippen LogP contribution in [-0.2, 0) is 0 Å². The number of azo groups is 2. The summed E-state index contributed by atoms with van der Waals surface area (Å²) in [6.45, 7) is 2.19. The van der Waals surface area contributed by atoms with Crippen LogP contribution in [0.5, 0.6) is 5.75 Å². The third-order valence-corrected chi connectivity index (χ3v) is 3.68. The van der Waals surface area contributed by atoms with E-state index in [1.165, 1.54) is 0 Å². The maximum atomic E-state index is 8.82. The summed E-state index contributed by atoms with van der Waals surface area (Å²) >= 11 is 0. The second-order valence-corrected chi connectivity index (χ2v) is 5.77. The highest BCUT2D eigenvalue weighted by Gasteiger charge is 2.01. The van der Waals surface area contributed by atoms with Gasteiger partial charge in [-0.2, -0.15) is 20.5 Å². The maximum Gasteiger partial charge on any atom is 0.122 e. The molecule has 3 aromatic rings. The van der Waals surface area contributed by atoms with Gasteiger partial charge in [0, 0.05) is 0 Å².